The van der Waals surface area contributed by atoms with E-state index in [0.29, 0.717) is 12.5 Å². The van der Waals surface area contributed by atoms with Gasteiger partial charge in [0.15, 0.2) is 5.96 Å². The molecule has 0 saturated heterocycles. The number of nitrogens with zero attached hydrogens (tertiary/aromatic N) is 1. The number of rotatable bonds is 7. The molecule has 2 aromatic rings. The molecule has 6 nitrogen and oxygen atoms in total. The molecule has 0 bridgehead atoms. The minimum atomic E-state index is -3.70. The fraction of sp³-hybridized carbons (Fsp3) is 0.389. The SMILES string of the molecule is CCNC(=NCc1cccc(S(N)(=O)=O)c1)NC(C)Cc1ccc(C)s1. The highest BCUT2D eigenvalue weighted by Gasteiger charge is 2.09. The minimum absolute atomic E-state index is 0.101. The number of benzene rings is 1. The molecule has 4 N–H and O–H groups in total. The fourth-order valence-corrected chi connectivity index (χ4v) is 4.10. The molecule has 8 heteroatoms. The van der Waals surface area contributed by atoms with Crippen molar-refractivity contribution in [2.24, 2.45) is 10.1 Å². The van der Waals surface area contributed by atoms with Crippen LogP contribution in [0.25, 0.3) is 0 Å². The number of aliphatic imine (C=N–C) groups is 1. The van der Waals surface area contributed by atoms with Crippen molar-refractivity contribution < 1.29 is 8.42 Å². The predicted molar refractivity (Wildman–Crippen MR) is 108 cm³/mol. The van der Waals surface area contributed by atoms with Gasteiger partial charge in [-0.2, -0.15) is 0 Å². The van der Waals surface area contributed by atoms with Crippen molar-refractivity contribution in [3.63, 3.8) is 0 Å². The van der Waals surface area contributed by atoms with Crippen LogP contribution in [0.4, 0.5) is 0 Å². The minimum Gasteiger partial charge on any atom is -0.357 e. The lowest BCUT2D eigenvalue weighted by Gasteiger charge is -2.17. The van der Waals surface area contributed by atoms with Crippen LogP contribution < -0.4 is 15.8 Å². The van der Waals surface area contributed by atoms with Gasteiger partial charge in [0.25, 0.3) is 0 Å². The molecule has 0 radical (unpaired) electrons. The van der Waals surface area contributed by atoms with Crippen LogP contribution in [0.2, 0.25) is 0 Å². The first-order chi connectivity index (χ1) is 12.3. The highest BCUT2D eigenvalue weighted by Crippen LogP contribution is 2.16. The second kappa shape index (κ2) is 9.16. The molecule has 1 aromatic carbocycles. The zero-order valence-electron chi connectivity index (χ0n) is 15.3. The summed E-state index contributed by atoms with van der Waals surface area (Å²) in [6, 6.07) is 11.1. The van der Waals surface area contributed by atoms with Gasteiger partial charge >= 0.3 is 0 Å². The lowest BCUT2D eigenvalue weighted by Crippen LogP contribution is -2.43. The van der Waals surface area contributed by atoms with Gasteiger partial charge < -0.3 is 10.6 Å². The number of hydrogen-bond acceptors (Lipinski definition) is 4. The van der Waals surface area contributed by atoms with Gasteiger partial charge in [0.1, 0.15) is 0 Å². The van der Waals surface area contributed by atoms with E-state index >= 15 is 0 Å². The second-order valence-electron chi connectivity index (χ2n) is 6.15. The van der Waals surface area contributed by atoms with Crippen molar-refractivity contribution in [2.75, 3.05) is 6.54 Å². The zero-order valence-corrected chi connectivity index (χ0v) is 17.0. The number of sulfonamides is 1. The Morgan fingerprint density at radius 3 is 2.69 bits per heavy atom. The van der Waals surface area contributed by atoms with E-state index in [1.807, 2.05) is 13.0 Å². The van der Waals surface area contributed by atoms with Crippen LogP contribution in [-0.4, -0.2) is 27.0 Å². The van der Waals surface area contributed by atoms with Gasteiger partial charge in [-0.1, -0.05) is 12.1 Å². The Hall–Kier alpha value is -1.90. The van der Waals surface area contributed by atoms with Gasteiger partial charge in [0, 0.05) is 28.8 Å². The third kappa shape index (κ3) is 6.44. The Morgan fingerprint density at radius 2 is 2.08 bits per heavy atom. The quantitative estimate of drug-likeness (QED) is 0.496. The largest absolute Gasteiger partial charge is 0.357 e. The van der Waals surface area contributed by atoms with Crippen molar-refractivity contribution in [2.45, 2.75) is 44.7 Å². The van der Waals surface area contributed by atoms with Gasteiger partial charge in [-0.3, -0.25) is 0 Å². The number of guanidine groups is 1. The van der Waals surface area contributed by atoms with Crippen molar-refractivity contribution in [3.8, 4) is 0 Å². The van der Waals surface area contributed by atoms with E-state index in [1.54, 1.807) is 23.5 Å². The second-order valence-corrected chi connectivity index (χ2v) is 9.08. The first-order valence-corrected chi connectivity index (χ1v) is 10.9. The molecule has 0 aliphatic rings. The maximum absolute atomic E-state index is 11.5. The summed E-state index contributed by atoms with van der Waals surface area (Å²) in [7, 11) is -3.70. The first kappa shape index (κ1) is 20.4. The van der Waals surface area contributed by atoms with Gasteiger partial charge in [-0.15, -0.1) is 11.3 Å². The summed E-state index contributed by atoms with van der Waals surface area (Å²) in [5, 5.41) is 11.8. The number of nitrogens with two attached hydrogens (primary N) is 1. The number of aryl methyl sites for hydroxylation is 1. The van der Waals surface area contributed by atoms with E-state index < -0.39 is 10.0 Å². The van der Waals surface area contributed by atoms with E-state index in [1.165, 1.54) is 15.8 Å². The van der Waals surface area contributed by atoms with E-state index in [4.69, 9.17) is 5.14 Å². The fourth-order valence-electron chi connectivity index (χ4n) is 2.49. The van der Waals surface area contributed by atoms with Gasteiger partial charge in [0.05, 0.1) is 11.4 Å². The monoisotopic (exact) mass is 394 g/mol. The number of nitrogens with one attached hydrogen (secondary N) is 2. The molecule has 1 atom stereocenters. The normalized spacial score (nSPS) is 13.5. The van der Waals surface area contributed by atoms with E-state index in [2.05, 4.69) is 41.6 Å². The van der Waals surface area contributed by atoms with Crippen molar-refractivity contribution in [1.29, 1.82) is 0 Å². The number of thiophene rings is 1. The van der Waals surface area contributed by atoms with Crippen LogP contribution in [-0.2, 0) is 23.0 Å². The molecule has 1 aromatic heterocycles. The van der Waals surface area contributed by atoms with Gasteiger partial charge in [-0.05, 0) is 50.6 Å². The molecule has 1 unspecified atom stereocenters. The third-order valence-corrected chi connectivity index (χ3v) is 5.61. The van der Waals surface area contributed by atoms with Crippen LogP contribution >= 0.6 is 11.3 Å². The molecule has 26 heavy (non-hydrogen) atoms. The van der Waals surface area contributed by atoms with Crippen molar-refractivity contribution in [3.05, 3.63) is 51.7 Å². The van der Waals surface area contributed by atoms with Gasteiger partial charge in [0.2, 0.25) is 10.0 Å². The van der Waals surface area contributed by atoms with Crippen LogP contribution in [0.3, 0.4) is 0 Å². The number of primary sulfonamides is 1. The molecule has 0 amide bonds. The van der Waals surface area contributed by atoms with E-state index in [9.17, 15) is 8.42 Å². The molecule has 0 fully saturated rings. The highest BCUT2D eigenvalue weighted by molar-refractivity contribution is 7.89. The first-order valence-electron chi connectivity index (χ1n) is 8.50. The summed E-state index contributed by atoms with van der Waals surface area (Å²) in [6.07, 6.45) is 0.920. The zero-order chi connectivity index (χ0) is 19.2. The molecule has 0 spiro atoms. The Balaban J connectivity index is 2.04. The molecule has 0 aliphatic carbocycles. The average Bonchev–Trinajstić information content (AvgIpc) is 2.97. The molecular weight excluding hydrogens is 368 g/mol. The third-order valence-electron chi connectivity index (χ3n) is 3.68. The van der Waals surface area contributed by atoms with Gasteiger partial charge in [-0.25, -0.2) is 18.5 Å². The van der Waals surface area contributed by atoms with Crippen molar-refractivity contribution in [1.82, 2.24) is 10.6 Å². The number of hydrogen-bond donors (Lipinski definition) is 3. The summed E-state index contributed by atoms with van der Waals surface area (Å²) in [5.41, 5.74) is 0.787. The molecule has 0 aliphatic heterocycles. The topological polar surface area (TPSA) is 96.6 Å². The van der Waals surface area contributed by atoms with E-state index in [0.717, 1.165) is 18.5 Å². The van der Waals surface area contributed by atoms with Crippen LogP contribution in [0, 0.1) is 6.92 Å². The summed E-state index contributed by atoms with van der Waals surface area (Å²) < 4.78 is 22.9. The molecule has 1 heterocycles. The van der Waals surface area contributed by atoms with Crippen LogP contribution in [0.1, 0.15) is 29.2 Å². The maximum Gasteiger partial charge on any atom is 0.238 e. The Morgan fingerprint density at radius 1 is 1.31 bits per heavy atom. The summed E-state index contributed by atoms with van der Waals surface area (Å²) in [4.78, 5) is 7.30. The Kier molecular flexibility index (Phi) is 7.19. The average molecular weight is 395 g/mol. The molecule has 2 rings (SSSR count). The lowest BCUT2D eigenvalue weighted by molar-refractivity contribution is 0.597. The molecular formula is C18H26N4O2S2. The van der Waals surface area contributed by atoms with E-state index in [-0.39, 0.29) is 10.9 Å². The summed E-state index contributed by atoms with van der Waals surface area (Å²) >= 11 is 1.80. The Bertz CT molecular complexity index is 860. The van der Waals surface area contributed by atoms with Crippen LogP contribution in [0.15, 0.2) is 46.3 Å². The predicted octanol–water partition coefficient (Wildman–Crippen LogP) is 2.39. The van der Waals surface area contributed by atoms with Crippen LogP contribution in [0.5, 0.6) is 0 Å². The Labute approximate surface area is 159 Å². The van der Waals surface area contributed by atoms with Crippen molar-refractivity contribution >= 4 is 27.3 Å². The summed E-state index contributed by atoms with van der Waals surface area (Å²) in [5.74, 6) is 0.703. The molecule has 0 saturated carbocycles. The maximum atomic E-state index is 11.5. The standard InChI is InChI=1S/C18H26N4O2S2/c1-4-20-18(22-13(2)10-16-9-8-14(3)25-16)21-12-15-6-5-7-17(11-15)26(19,23)24/h5-9,11,13H,4,10,12H2,1-3H3,(H2,19,23,24)(H2,20,21,22). The lowest BCUT2D eigenvalue weighted by atomic mass is 10.2. The summed E-state index contributed by atoms with van der Waals surface area (Å²) in [6.45, 7) is 7.33. The molecule has 142 valence electrons. The highest BCUT2D eigenvalue weighted by atomic mass is 32.2. The smallest absolute Gasteiger partial charge is 0.238 e.